The lowest BCUT2D eigenvalue weighted by atomic mass is 10.2. The van der Waals surface area contributed by atoms with E-state index in [1.165, 1.54) is 0 Å². The average molecular weight is 260 g/mol. The number of hydrogen-bond acceptors (Lipinski definition) is 2. The van der Waals surface area contributed by atoms with E-state index < -0.39 is 0 Å². The lowest BCUT2D eigenvalue weighted by molar-refractivity contribution is 0.318. The van der Waals surface area contributed by atoms with Crippen molar-refractivity contribution in [1.82, 2.24) is 0 Å². The van der Waals surface area contributed by atoms with Crippen molar-refractivity contribution in [2.75, 3.05) is 6.61 Å². The van der Waals surface area contributed by atoms with Gasteiger partial charge in [-0.2, -0.15) is 0 Å². The molecule has 1 aromatic rings. The van der Waals surface area contributed by atoms with Gasteiger partial charge < -0.3 is 10.5 Å². The third-order valence-corrected chi connectivity index (χ3v) is 2.58. The largest absolute Gasteiger partial charge is 0.491 e. The first kappa shape index (κ1) is 13.4. The van der Waals surface area contributed by atoms with Crippen molar-refractivity contribution in [2.45, 2.75) is 19.9 Å². The quantitative estimate of drug-likeness (QED) is 0.817. The molecule has 0 aliphatic rings. The van der Waals surface area contributed by atoms with Crippen molar-refractivity contribution in [3.8, 4) is 5.75 Å². The summed E-state index contributed by atoms with van der Waals surface area (Å²) in [5.41, 5.74) is 7.49. The van der Waals surface area contributed by atoms with Crippen LogP contribution < -0.4 is 10.5 Å². The van der Waals surface area contributed by atoms with Crippen LogP contribution in [0.15, 0.2) is 24.3 Å². The van der Waals surface area contributed by atoms with E-state index in [4.69, 9.17) is 33.7 Å². The van der Waals surface area contributed by atoms with Crippen molar-refractivity contribution < 1.29 is 4.74 Å². The van der Waals surface area contributed by atoms with Crippen LogP contribution in [0.25, 0.3) is 0 Å². The Labute approximate surface area is 106 Å². The van der Waals surface area contributed by atoms with Gasteiger partial charge in [0.15, 0.2) is 0 Å². The molecule has 0 fully saturated rings. The number of halogens is 2. The standard InChI is InChI=1S/C12H15Cl2NO/c1-8(2)3-4-16-12-9(7-15)5-10(13)6-11(12)14/h5-6H,1,3-4,7,15H2,2H3. The summed E-state index contributed by atoms with van der Waals surface area (Å²) < 4.78 is 5.59. The summed E-state index contributed by atoms with van der Waals surface area (Å²) in [5, 5.41) is 1.06. The molecule has 16 heavy (non-hydrogen) atoms. The zero-order chi connectivity index (χ0) is 12.1. The summed E-state index contributed by atoms with van der Waals surface area (Å²) in [6.07, 6.45) is 0.795. The van der Waals surface area contributed by atoms with Crippen LogP contribution in [-0.4, -0.2) is 6.61 Å². The Bertz CT molecular complexity index is 391. The lowest BCUT2D eigenvalue weighted by Gasteiger charge is -2.12. The van der Waals surface area contributed by atoms with Gasteiger partial charge in [0.25, 0.3) is 0 Å². The Morgan fingerprint density at radius 1 is 1.44 bits per heavy atom. The third kappa shape index (κ3) is 3.71. The van der Waals surface area contributed by atoms with Crippen LogP contribution in [0.5, 0.6) is 5.75 Å². The second-order valence-corrected chi connectivity index (χ2v) is 4.48. The van der Waals surface area contributed by atoms with Crippen molar-refractivity contribution in [3.05, 3.63) is 39.9 Å². The highest BCUT2D eigenvalue weighted by atomic mass is 35.5. The number of ether oxygens (including phenoxy) is 1. The van der Waals surface area contributed by atoms with Crippen LogP contribution >= 0.6 is 23.2 Å². The number of rotatable bonds is 5. The lowest BCUT2D eigenvalue weighted by Crippen LogP contribution is -2.04. The summed E-state index contributed by atoms with van der Waals surface area (Å²) in [7, 11) is 0. The molecule has 0 aliphatic heterocycles. The first-order valence-electron chi connectivity index (χ1n) is 4.99. The molecule has 0 atom stereocenters. The molecule has 2 N–H and O–H groups in total. The topological polar surface area (TPSA) is 35.2 Å². The summed E-state index contributed by atoms with van der Waals surface area (Å²) in [6.45, 7) is 6.66. The molecular formula is C12H15Cl2NO. The van der Waals surface area contributed by atoms with Crippen LogP contribution in [0.3, 0.4) is 0 Å². The monoisotopic (exact) mass is 259 g/mol. The maximum absolute atomic E-state index is 6.04. The highest BCUT2D eigenvalue weighted by molar-refractivity contribution is 6.35. The molecule has 0 radical (unpaired) electrons. The van der Waals surface area contributed by atoms with E-state index in [1.807, 2.05) is 6.92 Å². The molecular weight excluding hydrogens is 245 g/mol. The molecule has 0 heterocycles. The van der Waals surface area contributed by atoms with Gasteiger partial charge in [-0.05, 0) is 19.1 Å². The van der Waals surface area contributed by atoms with Crippen molar-refractivity contribution in [1.29, 1.82) is 0 Å². The van der Waals surface area contributed by atoms with Crippen molar-refractivity contribution in [3.63, 3.8) is 0 Å². The molecule has 1 rings (SSSR count). The van der Waals surface area contributed by atoms with Gasteiger partial charge in [0, 0.05) is 23.6 Å². The van der Waals surface area contributed by atoms with E-state index in [-0.39, 0.29) is 0 Å². The highest BCUT2D eigenvalue weighted by Crippen LogP contribution is 2.32. The fourth-order valence-corrected chi connectivity index (χ4v) is 1.84. The van der Waals surface area contributed by atoms with Gasteiger partial charge in [-0.15, -0.1) is 6.58 Å². The first-order valence-corrected chi connectivity index (χ1v) is 5.75. The Morgan fingerprint density at radius 2 is 2.12 bits per heavy atom. The Balaban J connectivity index is 2.81. The van der Waals surface area contributed by atoms with Crippen molar-refractivity contribution >= 4 is 23.2 Å². The zero-order valence-electron chi connectivity index (χ0n) is 9.22. The van der Waals surface area contributed by atoms with E-state index in [2.05, 4.69) is 6.58 Å². The van der Waals surface area contributed by atoms with Gasteiger partial charge in [0.1, 0.15) is 5.75 Å². The van der Waals surface area contributed by atoms with Gasteiger partial charge in [0.2, 0.25) is 0 Å². The Morgan fingerprint density at radius 3 is 2.69 bits per heavy atom. The zero-order valence-corrected chi connectivity index (χ0v) is 10.7. The minimum atomic E-state index is 0.350. The van der Waals surface area contributed by atoms with Gasteiger partial charge in [-0.1, -0.05) is 28.8 Å². The first-order chi connectivity index (χ1) is 7.54. The Hall–Kier alpha value is -0.700. The molecule has 0 aromatic heterocycles. The van der Waals surface area contributed by atoms with Crippen molar-refractivity contribution in [2.24, 2.45) is 5.73 Å². The van der Waals surface area contributed by atoms with Crippen LogP contribution in [0, 0.1) is 0 Å². The molecule has 0 bridgehead atoms. The molecule has 0 spiro atoms. The van der Waals surface area contributed by atoms with Gasteiger partial charge in [-0.3, -0.25) is 0 Å². The summed E-state index contributed by atoms with van der Waals surface area (Å²) >= 11 is 11.9. The predicted molar refractivity (Wildman–Crippen MR) is 69.3 cm³/mol. The minimum Gasteiger partial charge on any atom is -0.491 e. The fourth-order valence-electron chi connectivity index (χ4n) is 1.25. The smallest absolute Gasteiger partial charge is 0.142 e. The molecule has 88 valence electrons. The maximum atomic E-state index is 6.04. The highest BCUT2D eigenvalue weighted by Gasteiger charge is 2.09. The molecule has 0 unspecified atom stereocenters. The normalized spacial score (nSPS) is 10.2. The summed E-state index contributed by atoms with van der Waals surface area (Å²) in [4.78, 5) is 0. The number of benzene rings is 1. The molecule has 0 amide bonds. The van der Waals surface area contributed by atoms with Crippen LogP contribution in [0.2, 0.25) is 10.0 Å². The molecule has 0 saturated heterocycles. The second-order valence-electron chi connectivity index (χ2n) is 3.64. The van der Waals surface area contributed by atoms with E-state index in [0.29, 0.717) is 28.9 Å². The van der Waals surface area contributed by atoms with Crippen LogP contribution in [0.1, 0.15) is 18.9 Å². The van der Waals surface area contributed by atoms with Gasteiger partial charge in [-0.25, -0.2) is 0 Å². The molecule has 1 aromatic carbocycles. The summed E-state index contributed by atoms with van der Waals surface area (Å²) in [5.74, 6) is 0.620. The van der Waals surface area contributed by atoms with Gasteiger partial charge >= 0.3 is 0 Å². The van der Waals surface area contributed by atoms with E-state index >= 15 is 0 Å². The van der Waals surface area contributed by atoms with E-state index in [1.54, 1.807) is 12.1 Å². The maximum Gasteiger partial charge on any atom is 0.142 e. The third-order valence-electron chi connectivity index (χ3n) is 2.08. The number of nitrogens with two attached hydrogens (primary N) is 1. The SMILES string of the molecule is C=C(C)CCOc1c(Cl)cc(Cl)cc1CN. The molecule has 4 heteroatoms. The predicted octanol–water partition coefficient (Wildman–Crippen LogP) is 3.80. The average Bonchev–Trinajstić information content (AvgIpc) is 2.20. The van der Waals surface area contributed by atoms with E-state index in [9.17, 15) is 0 Å². The number of hydrogen-bond donors (Lipinski definition) is 1. The molecule has 0 saturated carbocycles. The van der Waals surface area contributed by atoms with Gasteiger partial charge in [0.05, 0.1) is 11.6 Å². The minimum absolute atomic E-state index is 0.350. The van der Waals surface area contributed by atoms with E-state index in [0.717, 1.165) is 17.6 Å². The van der Waals surface area contributed by atoms with Crippen LogP contribution in [-0.2, 0) is 6.54 Å². The summed E-state index contributed by atoms with van der Waals surface area (Å²) in [6, 6.07) is 3.42. The van der Waals surface area contributed by atoms with Crippen LogP contribution in [0.4, 0.5) is 0 Å². The molecule has 2 nitrogen and oxygen atoms in total. The Kier molecular flexibility index (Phi) is 5.13. The second kappa shape index (κ2) is 6.14. The molecule has 0 aliphatic carbocycles. The fraction of sp³-hybridized carbons (Fsp3) is 0.333.